The molecular weight excluding hydrogens is 318 g/mol. The zero-order valence-corrected chi connectivity index (χ0v) is 14.2. The number of nitrogens with one attached hydrogen (secondary N) is 1. The molecule has 1 aromatic rings. The highest BCUT2D eigenvalue weighted by atomic mass is 32.2. The Bertz CT molecular complexity index is 708. The van der Waals surface area contributed by atoms with E-state index in [2.05, 4.69) is 47.1 Å². The number of nitriles is 1. The molecule has 0 spiro atoms. The van der Waals surface area contributed by atoms with E-state index in [-0.39, 0.29) is 35.0 Å². The first-order chi connectivity index (χ1) is 11.7. The number of nitrogens with zero attached hydrogens (tertiary/aromatic N) is 1. The monoisotopic (exact) mass is 339 g/mol. The largest absolute Gasteiger partial charge is 0.352 e. The van der Waals surface area contributed by atoms with Crippen molar-refractivity contribution in [3.8, 4) is 6.07 Å². The number of amides is 1. The fourth-order valence-electron chi connectivity index (χ4n) is 4.64. The van der Waals surface area contributed by atoms with E-state index in [1.165, 1.54) is 5.56 Å². The molecule has 1 saturated carbocycles. The number of benzene rings is 1. The molecule has 4 nitrogen and oxygen atoms in total. The summed E-state index contributed by atoms with van der Waals surface area (Å²) in [6.45, 7) is 0.527. The van der Waals surface area contributed by atoms with Crippen molar-refractivity contribution in [3.05, 3.63) is 46.9 Å². The molecule has 3 aliphatic rings. The lowest BCUT2D eigenvalue weighted by molar-refractivity contribution is -0.126. The highest BCUT2D eigenvalue weighted by Gasteiger charge is 2.52. The first-order valence-electron chi connectivity index (χ1n) is 8.54. The van der Waals surface area contributed by atoms with E-state index < -0.39 is 0 Å². The van der Waals surface area contributed by atoms with Crippen LogP contribution >= 0.6 is 11.8 Å². The van der Waals surface area contributed by atoms with Crippen LogP contribution in [-0.2, 0) is 11.3 Å². The summed E-state index contributed by atoms with van der Waals surface area (Å²) in [4.78, 5) is 12.4. The minimum atomic E-state index is -0.0329. The zero-order chi connectivity index (χ0) is 16.7. The Morgan fingerprint density at radius 1 is 1.29 bits per heavy atom. The molecule has 0 radical (unpaired) electrons. The molecule has 5 heteroatoms. The Kier molecular flexibility index (Phi) is 4.11. The maximum Gasteiger partial charge on any atom is 0.234 e. The van der Waals surface area contributed by atoms with Gasteiger partial charge in [-0.2, -0.15) is 5.26 Å². The van der Waals surface area contributed by atoms with Crippen molar-refractivity contribution in [2.45, 2.75) is 36.6 Å². The summed E-state index contributed by atoms with van der Waals surface area (Å²) in [5, 5.41) is 15.0. The van der Waals surface area contributed by atoms with Gasteiger partial charge < -0.3 is 11.1 Å². The standard InChI is InChI=1S/C19H21N3OS/c20-9-11-1-3-12(4-2-11)16-13(10-21)5-6-15-17(16)14-7-8-24-18(14)19(23)22-15/h1-4,7-8,13-18H,5-6,9,20H2,(H,22,23). The predicted molar refractivity (Wildman–Crippen MR) is 94.8 cm³/mol. The van der Waals surface area contributed by atoms with Crippen molar-refractivity contribution in [3.63, 3.8) is 0 Å². The summed E-state index contributed by atoms with van der Waals surface area (Å²) in [6.07, 6.45) is 3.93. The van der Waals surface area contributed by atoms with Gasteiger partial charge in [-0.25, -0.2) is 0 Å². The topological polar surface area (TPSA) is 78.9 Å². The van der Waals surface area contributed by atoms with Crippen molar-refractivity contribution in [2.75, 3.05) is 0 Å². The SMILES string of the molecule is N#CC1CCC2NC(=O)C3SC=CC3C2C1c1ccc(CN)cc1. The number of allylic oxidation sites excluding steroid dienone is 1. The molecule has 0 bridgehead atoms. The normalized spacial score (nSPS) is 37.2. The number of fused-ring (bicyclic) bond motifs is 3. The van der Waals surface area contributed by atoms with E-state index in [1.54, 1.807) is 11.8 Å². The van der Waals surface area contributed by atoms with Crippen molar-refractivity contribution in [1.29, 1.82) is 5.26 Å². The van der Waals surface area contributed by atoms with Crippen LogP contribution in [0.3, 0.4) is 0 Å². The molecular formula is C19H21N3OS. The lowest BCUT2D eigenvalue weighted by Crippen LogP contribution is -2.58. The van der Waals surface area contributed by atoms with Gasteiger partial charge in [0.1, 0.15) is 0 Å². The molecule has 2 aliphatic heterocycles. The average molecular weight is 339 g/mol. The molecule has 1 saturated heterocycles. The van der Waals surface area contributed by atoms with Crippen molar-refractivity contribution >= 4 is 17.7 Å². The Hall–Kier alpha value is -1.77. The highest BCUT2D eigenvalue weighted by molar-refractivity contribution is 8.03. The van der Waals surface area contributed by atoms with Gasteiger partial charge >= 0.3 is 0 Å². The summed E-state index contributed by atoms with van der Waals surface area (Å²) in [5.74, 6) is 0.843. The third kappa shape index (κ3) is 2.45. The second-order valence-electron chi connectivity index (χ2n) is 6.94. The Labute approximate surface area is 146 Å². The van der Waals surface area contributed by atoms with Crippen LogP contribution in [0.5, 0.6) is 0 Å². The predicted octanol–water partition coefficient (Wildman–Crippen LogP) is 2.52. The van der Waals surface area contributed by atoms with Crippen LogP contribution < -0.4 is 11.1 Å². The van der Waals surface area contributed by atoms with Crippen molar-refractivity contribution in [2.24, 2.45) is 23.5 Å². The third-order valence-corrected chi connectivity index (χ3v) is 6.91. The molecule has 2 heterocycles. The maximum absolute atomic E-state index is 12.4. The smallest absolute Gasteiger partial charge is 0.234 e. The van der Waals surface area contributed by atoms with E-state index in [0.717, 1.165) is 18.4 Å². The number of hydrogen-bond donors (Lipinski definition) is 2. The molecule has 4 rings (SSSR count). The van der Waals surface area contributed by atoms with Crippen molar-refractivity contribution < 1.29 is 4.79 Å². The van der Waals surface area contributed by atoms with Crippen LogP contribution in [0.1, 0.15) is 29.9 Å². The lowest BCUT2D eigenvalue weighted by atomic mass is 9.60. The van der Waals surface area contributed by atoms with Gasteiger partial charge in [0.05, 0.1) is 17.2 Å². The van der Waals surface area contributed by atoms with Crippen LogP contribution in [0.25, 0.3) is 0 Å². The first kappa shape index (κ1) is 15.7. The van der Waals surface area contributed by atoms with Gasteiger partial charge in [0, 0.05) is 24.4 Å². The number of piperidine rings is 1. The molecule has 124 valence electrons. The average Bonchev–Trinajstić information content (AvgIpc) is 3.11. The Balaban J connectivity index is 1.74. The van der Waals surface area contributed by atoms with Gasteiger partial charge in [0.25, 0.3) is 0 Å². The van der Waals surface area contributed by atoms with Crippen LogP contribution in [-0.4, -0.2) is 17.2 Å². The maximum atomic E-state index is 12.4. The van der Waals surface area contributed by atoms with E-state index >= 15 is 0 Å². The van der Waals surface area contributed by atoms with Gasteiger partial charge in [0.15, 0.2) is 0 Å². The second-order valence-corrected chi connectivity index (χ2v) is 7.99. The van der Waals surface area contributed by atoms with Gasteiger partial charge in [-0.05, 0) is 35.3 Å². The Morgan fingerprint density at radius 3 is 2.79 bits per heavy atom. The van der Waals surface area contributed by atoms with Crippen LogP contribution in [0.2, 0.25) is 0 Å². The van der Waals surface area contributed by atoms with Gasteiger partial charge in [-0.15, -0.1) is 11.8 Å². The van der Waals surface area contributed by atoms with Gasteiger partial charge in [-0.1, -0.05) is 30.3 Å². The minimum Gasteiger partial charge on any atom is -0.352 e. The number of carbonyl (C=O) groups is 1. The van der Waals surface area contributed by atoms with E-state index in [1.807, 2.05) is 0 Å². The lowest BCUT2D eigenvalue weighted by Gasteiger charge is -2.48. The molecule has 3 N–H and O–H groups in total. The molecule has 1 amide bonds. The number of thioether (sulfide) groups is 1. The second kappa shape index (κ2) is 6.27. The van der Waals surface area contributed by atoms with Crippen LogP contribution in [0.4, 0.5) is 0 Å². The summed E-state index contributed by atoms with van der Waals surface area (Å²) < 4.78 is 0. The van der Waals surface area contributed by atoms with Gasteiger partial charge in [-0.3, -0.25) is 4.79 Å². The van der Waals surface area contributed by atoms with E-state index in [0.29, 0.717) is 12.5 Å². The molecule has 1 aromatic carbocycles. The third-order valence-electron chi connectivity index (χ3n) is 5.77. The summed E-state index contributed by atoms with van der Waals surface area (Å²) in [5.41, 5.74) is 8.02. The molecule has 6 unspecified atom stereocenters. The minimum absolute atomic E-state index is 0.00429. The van der Waals surface area contributed by atoms with E-state index in [9.17, 15) is 10.1 Å². The van der Waals surface area contributed by atoms with E-state index in [4.69, 9.17) is 5.73 Å². The molecule has 0 aromatic heterocycles. The molecule has 1 aliphatic carbocycles. The molecule has 2 fully saturated rings. The number of rotatable bonds is 2. The zero-order valence-electron chi connectivity index (χ0n) is 13.4. The summed E-state index contributed by atoms with van der Waals surface area (Å²) in [7, 11) is 0. The van der Waals surface area contributed by atoms with Crippen molar-refractivity contribution in [1.82, 2.24) is 5.32 Å². The first-order valence-corrected chi connectivity index (χ1v) is 9.48. The molecule has 6 atom stereocenters. The number of carbonyl (C=O) groups excluding carboxylic acids is 1. The van der Waals surface area contributed by atoms with Crippen LogP contribution in [0, 0.1) is 29.1 Å². The summed E-state index contributed by atoms with van der Waals surface area (Å²) >= 11 is 1.61. The quantitative estimate of drug-likeness (QED) is 0.868. The fraction of sp³-hybridized carbons (Fsp3) is 0.474. The number of nitrogens with two attached hydrogens (primary N) is 1. The molecule has 24 heavy (non-hydrogen) atoms. The fourth-order valence-corrected chi connectivity index (χ4v) is 5.73. The van der Waals surface area contributed by atoms with Crippen LogP contribution in [0.15, 0.2) is 35.7 Å². The summed E-state index contributed by atoms with van der Waals surface area (Å²) in [6, 6.07) is 11.1. The Morgan fingerprint density at radius 2 is 2.08 bits per heavy atom. The highest BCUT2D eigenvalue weighted by Crippen LogP contribution is 2.51. The number of hydrogen-bond acceptors (Lipinski definition) is 4. The van der Waals surface area contributed by atoms with Gasteiger partial charge in [0.2, 0.25) is 5.91 Å².